The molecule has 0 unspecified atom stereocenters. The summed E-state index contributed by atoms with van der Waals surface area (Å²) in [6.07, 6.45) is 5.01. The molecule has 4 N–H and O–H groups in total. The van der Waals surface area contributed by atoms with Gasteiger partial charge in [-0.15, -0.1) is 6.42 Å². The number of oxazole rings is 1. The van der Waals surface area contributed by atoms with Crippen LogP contribution in [0, 0.1) is 30.9 Å². The van der Waals surface area contributed by atoms with E-state index < -0.39 is 45.7 Å². The quantitative estimate of drug-likeness (QED) is 0.278. The van der Waals surface area contributed by atoms with Crippen LogP contribution in [-0.2, 0) is 23.0 Å². The highest BCUT2D eigenvalue weighted by Crippen LogP contribution is 2.17. The van der Waals surface area contributed by atoms with Gasteiger partial charge in [0.2, 0.25) is 10.0 Å². The van der Waals surface area contributed by atoms with Crippen molar-refractivity contribution >= 4 is 21.9 Å². The number of benzene rings is 2. The molecule has 1 aromatic heterocycles. The lowest BCUT2D eigenvalue weighted by molar-refractivity contribution is 0.0824. The highest BCUT2D eigenvalue weighted by molar-refractivity contribution is 7.91. The van der Waals surface area contributed by atoms with Crippen molar-refractivity contribution in [3.8, 4) is 12.3 Å². The van der Waals surface area contributed by atoms with Gasteiger partial charge < -0.3 is 20.2 Å². The number of carbonyl (C=O) groups is 1. The van der Waals surface area contributed by atoms with Gasteiger partial charge >= 0.3 is 6.01 Å². The van der Waals surface area contributed by atoms with E-state index in [1.54, 1.807) is 12.1 Å². The third-order valence-corrected chi connectivity index (χ3v) is 5.76. The highest BCUT2D eigenvalue weighted by atomic mass is 32.2. The molecule has 12 heteroatoms. The Morgan fingerprint density at radius 1 is 1.19 bits per heavy atom. The first-order chi connectivity index (χ1) is 17.4. The van der Waals surface area contributed by atoms with Crippen LogP contribution in [0.5, 0.6) is 0 Å². The minimum Gasteiger partial charge on any atom is -0.428 e. The molecule has 0 aliphatic rings. The van der Waals surface area contributed by atoms with E-state index in [-0.39, 0.29) is 30.0 Å². The van der Waals surface area contributed by atoms with Crippen molar-refractivity contribution in [2.45, 2.75) is 32.0 Å². The predicted octanol–water partition coefficient (Wildman–Crippen LogP) is 2.11. The van der Waals surface area contributed by atoms with Crippen molar-refractivity contribution in [1.82, 2.24) is 15.6 Å². The Morgan fingerprint density at radius 3 is 2.54 bits per heavy atom. The predicted molar refractivity (Wildman–Crippen MR) is 133 cm³/mol. The summed E-state index contributed by atoms with van der Waals surface area (Å²) < 4.78 is 57.6. The van der Waals surface area contributed by atoms with E-state index in [4.69, 9.17) is 10.8 Å². The zero-order valence-corrected chi connectivity index (χ0v) is 20.9. The molecule has 9 nitrogen and oxygen atoms in total. The lowest BCUT2D eigenvalue weighted by Crippen LogP contribution is -2.48. The smallest absolute Gasteiger partial charge is 0.309 e. The summed E-state index contributed by atoms with van der Waals surface area (Å²) in [5, 5.41) is 16.5. The van der Waals surface area contributed by atoms with Gasteiger partial charge in [-0.3, -0.25) is 4.79 Å². The molecule has 2 atom stereocenters. The second-order valence-electron chi connectivity index (χ2n) is 8.40. The molecule has 0 fully saturated rings. The molecule has 1 heterocycles. The van der Waals surface area contributed by atoms with E-state index in [0.29, 0.717) is 18.2 Å². The van der Waals surface area contributed by atoms with Gasteiger partial charge in [0.15, 0.2) is 5.69 Å². The lowest BCUT2D eigenvalue weighted by Gasteiger charge is -2.24. The van der Waals surface area contributed by atoms with Gasteiger partial charge in [0, 0.05) is 24.7 Å². The zero-order valence-electron chi connectivity index (χ0n) is 20.1. The van der Waals surface area contributed by atoms with Crippen LogP contribution in [0.2, 0.25) is 0 Å². The average Bonchev–Trinajstić information content (AvgIpc) is 3.16. The maximum atomic E-state index is 13.8. The monoisotopic (exact) mass is 532 g/mol. The van der Waals surface area contributed by atoms with Crippen molar-refractivity contribution in [3.63, 3.8) is 0 Å². The number of aliphatic hydroxyl groups is 1. The molecule has 0 bridgehead atoms. The summed E-state index contributed by atoms with van der Waals surface area (Å²) >= 11 is 0. The minimum atomic E-state index is -3.70. The van der Waals surface area contributed by atoms with E-state index in [1.165, 1.54) is 6.92 Å². The fourth-order valence-electron chi connectivity index (χ4n) is 3.59. The first-order valence-corrected chi connectivity index (χ1v) is 13.0. The summed E-state index contributed by atoms with van der Waals surface area (Å²) in [5.74, 6) is 0.193. The normalized spacial score (nSPS) is 13.0. The van der Waals surface area contributed by atoms with Crippen LogP contribution in [0.3, 0.4) is 0 Å². The molecule has 0 saturated heterocycles. The maximum Gasteiger partial charge on any atom is 0.309 e. The minimum absolute atomic E-state index is 0.0156. The van der Waals surface area contributed by atoms with Crippen molar-refractivity contribution in [1.29, 1.82) is 0 Å². The molecule has 1 amide bonds. The number of rotatable bonds is 11. The molecule has 2 aromatic carbocycles. The number of hydrogen-bond donors (Lipinski definition) is 4. The number of carbonyl (C=O) groups excluding carboxylic acids is 1. The van der Waals surface area contributed by atoms with Crippen LogP contribution in [0.25, 0.3) is 0 Å². The summed E-state index contributed by atoms with van der Waals surface area (Å²) in [6.45, 7) is 1.79. The number of aryl methyl sites for hydroxylation is 1. The molecule has 0 aliphatic heterocycles. The molecule has 0 radical (unpaired) electrons. The van der Waals surface area contributed by atoms with Gasteiger partial charge in [-0.25, -0.2) is 21.9 Å². The number of amides is 1. The van der Waals surface area contributed by atoms with Crippen LogP contribution >= 0.6 is 0 Å². The van der Waals surface area contributed by atoms with Gasteiger partial charge in [0.05, 0.1) is 18.4 Å². The second-order valence-corrected chi connectivity index (χ2v) is 10.2. The average molecular weight is 533 g/mol. The lowest BCUT2D eigenvalue weighted by atomic mass is 10.00. The number of aromatic nitrogens is 1. The standard InChI is InChI=1S/C25H26F2N4O5S/c1-4-16-6-5-7-17(8-16)13-28-14-22(32)21(11-18-9-19(26)12-20(27)10-18)29-24(33)23-15(2)36-25(30-23)31-37(3,34)35/h1,5-10,12,21-22,28,32H,11,13-14H2,2-3H3,(H,29,33)(H,30,31)/t21-,22+/m0/s1. The molecule has 0 aliphatic carbocycles. The molecule has 196 valence electrons. The maximum absolute atomic E-state index is 13.8. The molecule has 3 aromatic rings. The SMILES string of the molecule is C#Cc1cccc(CNC[C@@H](O)[C@H](Cc2cc(F)cc(F)c2)NC(=O)c2nc(NS(C)(=O)=O)oc2C)c1. The van der Waals surface area contributed by atoms with Crippen LogP contribution < -0.4 is 15.4 Å². The largest absolute Gasteiger partial charge is 0.428 e. The van der Waals surface area contributed by atoms with Gasteiger partial charge in [0.1, 0.15) is 17.4 Å². The van der Waals surface area contributed by atoms with E-state index >= 15 is 0 Å². The summed E-state index contributed by atoms with van der Waals surface area (Å²) in [7, 11) is -3.70. The van der Waals surface area contributed by atoms with Gasteiger partial charge in [-0.2, -0.15) is 4.98 Å². The fourth-order valence-corrected chi connectivity index (χ4v) is 3.99. The van der Waals surface area contributed by atoms with Gasteiger partial charge in [0.25, 0.3) is 5.91 Å². The second kappa shape index (κ2) is 12.0. The van der Waals surface area contributed by atoms with Gasteiger partial charge in [-0.05, 0) is 48.7 Å². The zero-order chi connectivity index (χ0) is 27.2. The summed E-state index contributed by atoms with van der Waals surface area (Å²) in [4.78, 5) is 16.8. The van der Waals surface area contributed by atoms with Crippen LogP contribution in [0.15, 0.2) is 46.9 Å². The molecule has 37 heavy (non-hydrogen) atoms. The van der Waals surface area contributed by atoms with Crippen molar-refractivity contribution in [3.05, 3.63) is 82.2 Å². The number of hydrogen-bond acceptors (Lipinski definition) is 7. The first-order valence-electron chi connectivity index (χ1n) is 11.1. The fraction of sp³-hybridized carbons (Fsp3) is 0.280. The Bertz CT molecular complexity index is 1400. The Labute approximate surface area is 213 Å². The van der Waals surface area contributed by atoms with E-state index in [2.05, 4.69) is 21.5 Å². The van der Waals surface area contributed by atoms with Crippen molar-refractivity contribution in [2.75, 3.05) is 17.5 Å². The van der Waals surface area contributed by atoms with Crippen LogP contribution in [0.1, 0.15) is 32.9 Å². The summed E-state index contributed by atoms with van der Waals surface area (Å²) in [6, 6.07) is 8.77. The van der Waals surface area contributed by atoms with Crippen LogP contribution in [-0.4, -0.2) is 49.4 Å². The molecule has 0 saturated carbocycles. The number of aliphatic hydroxyl groups excluding tert-OH is 1. The Hall–Kier alpha value is -3.79. The molecular weight excluding hydrogens is 506 g/mol. The Balaban J connectivity index is 1.76. The number of sulfonamides is 1. The third kappa shape index (κ3) is 8.38. The number of nitrogens with zero attached hydrogens (tertiary/aromatic N) is 1. The van der Waals surface area contributed by atoms with Crippen molar-refractivity contribution < 1.29 is 31.5 Å². The first kappa shape index (κ1) is 27.8. The summed E-state index contributed by atoms with van der Waals surface area (Å²) in [5.41, 5.74) is 1.57. The third-order valence-electron chi connectivity index (χ3n) is 5.22. The van der Waals surface area contributed by atoms with E-state index in [9.17, 15) is 27.1 Å². The highest BCUT2D eigenvalue weighted by Gasteiger charge is 2.26. The number of terminal acetylenes is 1. The molecule has 0 spiro atoms. The Kier molecular flexibility index (Phi) is 8.99. The number of nitrogens with one attached hydrogen (secondary N) is 3. The molecule has 3 rings (SSSR count). The van der Waals surface area contributed by atoms with Gasteiger partial charge in [-0.1, -0.05) is 18.1 Å². The van der Waals surface area contributed by atoms with Crippen molar-refractivity contribution in [2.24, 2.45) is 0 Å². The van der Waals surface area contributed by atoms with E-state index in [0.717, 1.165) is 24.0 Å². The molecular formula is C25H26F2N4O5S. The number of anilines is 1. The Morgan fingerprint density at radius 2 is 1.89 bits per heavy atom. The van der Waals surface area contributed by atoms with E-state index in [1.807, 2.05) is 16.9 Å². The van der Waals surface area contributed by atoms with Crippen LogP contribution in [0.4, 0.5) is 14.8 Å². The number of halogens is 2. The topological polar surface area (TPSA) is 134 Å².